The van der Waals surface area contributed by atoms with Crippen LogP contribution in [0.15, 0.2) is 42.7 Å². The van der Waals surface area contributed by atoms with Crippen LogP contribution in [0.3, 0.4) is 0 Å². The number of carbonyl (C=O) groups is 2. The Kier molecular flexibility index (Phi) is 4.30. The van der Waals surface area contributed by atoms with Crippen LogP contribution in [0.1, 0.15) is 36.1 Å². The number of imidazole rings is 1. The highest BCUT2D eigenvalue weighted by Gasteiger charge is 2.13. The SMILES string of the molecule is CC(=O)c1nccn1CC(=O)N[C@@H](C)c1ccccc1. The third kappa shape index (κ3) is 3.32. The minimum Gasteiger partial charge on any atom is -0.348 e. The van der Waals surface area contributed by atoms with Gasteiger partial charge in [0.2, 0.25) is 5.91 Å². The van der Waals surface area contributed by atoms with Crippen LogP contribution in [0.25, 0.3) is 0 Å². The molecule has 0 fully saturated rings. The van der Waals surface area contributed by atoms with Crippen molar-refractivity contribution in [3.05, 3.63) is 54.1 Å². The van der Waals surface area contributed by atoms with Gasteiger partial charge in [-0.15, -0.1) is 0 Å². The molecule has 0 aliphatic rings. The van der Waals surface area contributed by atoms with E-state index < -0.39 is 0 Å². The fourth-order valence-electron chi connectivity index (χ4n) is 2.02. The number of ketones is 1. The molecule has 0 bridgehead atoms. The topological polar surface area (TPSA) is 64.0 Å². The van der Waals surface area contributed by atoms with Gasteiger partial charge in [0, 0.05) is 19.3 Å². The summed E-state index contributed by atoms with van der Waals surface area (Å²) >= 11 is 0. The maximum absolute atomic E-state index is 12.0. The Labute approximate surface area is 117 Å². The number of nitrogens with zero attached hydrogens (tertiary/aromatic N) is 2. The van der Waals surface area contributed by atoms with Gasteiger partial charge in [0.05, 0.1) is 6.04 Å². The van der Waals surface area contributed by atoms with Crippen LogP contribution in [0.5, 0.6) is 0 Å². The monoisotopic (exact) mass is 271 g/mol. The van der Waals surface area contributed by atoms with Crippen molar-refractivity contribution in [3.63, 3.8) is 0 Å². The fourth-order valence-corrected chi connectivity index (χ4v) is 2.02. The van der Waals surface area contributed by atoms with E-state index >= 15 is 0 Å². The molecule has 0 aliphatic carbocycles. The molecule has 0 spiro atoms. The van der Waals surface area contributed by atoms with E-state index in [1.165, 1.54) is 13.1 Å². The Bertz CT molecular complexity index is 605. The van der Waals surface area contributed by atoms with Crippen molar-refractivity contribution in [1.82, 2.24) is 14.9 Å². The van der Waals surface area contributed by atoms with E-state index in [0.29, 0.717) is 5.82 Å². The van der Waals surface area contributed by atoms with Crippen molar-refractivity contribution in [3.8, 4) is 0 Å². The largest absolute Gasteiger partial charge is 0.348 e. The lowest BCUT2D eigenvalue weighted by Crippen LogP contribution is -2.30. The summed E-state index contributed by atoms with van der Waals surface area (Å²) < 4.78 is 1.55. The highest BCUT2D eigenvalue weighted by Crippen LogP contribution is 2.11. The summed E-state index contributed by atoms with van der Waals surface area (Å²) in [5.41, 5.74) is 1.04. The van der Waals surface area contributed by atoms with E-state index in [0.717, 1.165) is 5.56 Å². The molecule has 1 N–H and O–H groups in total. The molecular formula is C15H17N3O2. The lowest BCUT2D eigenvalue weighted by atomic mass is 10.1. The molecule has 0 saturated carbocycles. The normalized spacial score (nSPS) is 11.9. The summed E-state index contributed by atoms with van der Waals surface area (Å²) in [6.45, 7) is 3.45. The summed E-state index contributed by atoms with van der Waals surface area (Å²) in [7, 11) is 0. The number of hydrogen-bond acceptors (Lipinski definition) is 3. The van der Waals surface area contributed by atoms with Gasteiger partial charge in [-0.25, -0.2) is 4.98 Å². The van der Waals surface area contributed by atoms with E-state index in [4.69, 9.17) is 0 Å². The molecule has 1 aromatic carbocycles. The Hall–Kier alpha value is -2.43. The standard InChI is InChI=1S/C15H17N3O2/c1-11(13-6-4-3-5-7-13)17-14(20)10-18-9-8-16-15(18)12(2)19/h3-9,11H,10H2,1-2H3,(H,17,20)/t11-/m0/s1. The predicted molar refractivity (Wildman–Crippen MR) is 75.2 cm³/mol. The number of carbonyl (C=O) groups excluding carboxylic acids is 2. The summed E-state index contributed by atoms with van der Waals surface area (Å²) in [5.74, 6) is -0.00623. The molecule has 1 aromatic heterocycles. The highest BCUT2D eigenvalue weighted by molar-refractivity contribution is 5.91. The molecule has 1 atom stereocenters. The molecule has 0 saturated heterocycles. The second-order valence-corrected chi connectivity index (χ2v) is 4.63. The molecule has 104 valence electrons. The van der Waals surface area contributed by atoms with Crippen molar-refractivity contribution in [2.45, 2.75) is 26.4 Å². The zero-order valence-electron chi connectivity index (χ0n) is 11.5. The van der Waals surface area contributed by atoms with Gasteiger partial charge in [-0.05, 0) is 12.5 Å². The first-order chi connectivity index (χ1) is 9.58. The van der Waals surface area contributed by atoms with Crippen LogP contribution >= 0.6 is 0 Å². The summed E-state index contributed by atoms with van der Waals surface area (Å²) in [6.07, 6.45) is 3.15. The van der Waals surface area contributed by atoms with Crippen LogP contribution in [0.4, 0.5) is 0 Å². The van der Waals surface area contributed by atoms with Gasteiger partial charge in [0.25, 0.3) is 0 Å². The Morgan fingerprint density at radius 1 is 1.30 bits per heavy atom. The maximum Gasteiger partial charge on any atom is 0.240 e. The van der Waals surface area contributed by atoms with Gasteiger partial charge >= 0.3 is 0 Å². The molecule has 2 rings (SSSR count). The van der Waals surface area contributed by atoms with Gasteiger partial charge in [0.15, 0.2) is 11.6 Å². The number of benzene rings is 1. The van der Waals surface area contributed by atoms with Gasteiger partial charge in [-0.2, -0.15) is 0 Å². The zero-order valence-corrected chi connectivity index (χ0v) is 11.5. The third-order valence-electron chi connectivity index (χ3n) is 3.02. The summed E-state index contributed by atoms with van der Waals surface area (Å²) in [5, 5.41) is 2.90. The van der Waals surface area contributed by atoms with Crippen LogP contribution < -0.4 is 5.32 Å². The van der Waals surface area contributed by atoms with Crippen LogP contribution in [0.2, 0.25) is 0 Å². The molecule has 20 heavy (non-hydrogen) atoms. The molecule has 0 unspecified atom stereocenters. The molecule has 2 aromatic rings. The first kappa shape index (κ1) is 14.0. The van der Waals surface area contributed by atoms with Gasteiger partial charge in [-0.3, -0.25) is 9.59 Å². The van der Waals surface area contributed by atoms with E-state index in [-0.39, 0.29) is 24.3 Å². The Morgan fingerprint density at radius 2 is 2.00 bits per heavy atom. The average molecular weight is 271 g/mol. The second-order valence-electron chi connectivity index (χ2n) is 4.63. The summed E-state index contributed by atoms with van der Waals surface area (Å²) in [4.78, 5) is 27.3. The molecular weight excluding hydrogens is 254 g/mol. The Morgan fingerprint density at radius 3 is 2.65 bits per heavy atom. The lowest BCUT2D eigenvalue weighted by Gasteiger charge is -2.15. The molecule has 5 heteroatoms. The van der Waals surface area contributed by atoms with Gasteiger partial charge in [-0.1, -0.05) is 30.3 Å². The van der Waals surface area contributed by atoms with E-state index in [2.05, 4.69) is 10.3 Å². The third-order valence-corrected chi connectivity index (χ3v) is 3.02. The zero-order chi connectivity index (χ0) is 14.5. The number of amides is 1. The van der Waals surface area contributed by atoms with Gasteiger partial charge < -0.3 is 9.88 Å². The van der Waals surface area contributed by atoms with Crippen molar-refractivity contribution >= 4 is 11.7 Å². The quantitative estimate of drug-likeness (QED) is 0.845. The average Bonchev–Trinajstić information content (AvgIpc) is 2.87. The smallest absolute Gasteiger partial charge is 0.240 e. The van der Waals surface area contributed by atoms with Crippen molar-refractivity contribution in [1.29, 1.82) is 0 Å². The van der Waals surface area contributed by atoms with Crippen LogP contribution in [0, 0.1) is 0 Å². The minimum atomic E-state index is -0.154. The maximum atomic E-state index is 12.0. The fraction of sp³-hybridized carbons (Fsp3) is 0.267. The number of aromatic nitrogens is 2. The van der Waals surface area contributed by atoms with Crippen LogP contribution in [-0.4, -0.2) is 21.2 Å². The molecule has 1 amide bonds. The number of rotatable bonds is 5. The number of Topliss-reactive ketones (excluding diaryl/α,β-unsaturated/α-hetero) is 1. The first-order valence-electron chi connectivity index (χ1n) is 6.44. The lowest BCUT2D eigenvalue weighted by molar-refractivity contribution is -0.122. The first-order valence-corrected chi connectivity index (χ1v) is 6.44. The molecule has 0 aliphatic heterocycles. The number of nitrogens with one attached hydrogen (secondary N) is 1. The highest BCUT2D eigenvalue weighted by atomic mass is 16.2. The predicted octanol–water partition coefficient (Wildman–Crippen LogP) is 1.96. The molecule has 5 nitrogen and oxygen atoms in total. The van der Waals surface area contributed by atoms with Crippen LogP contribution in [-0.2, 0) is 11.3 Å². The van der Waals surface area contributed by atoms with Gasteiger partial charge in [0.1, 0.15) is 6.54 Å². The minimum absolute atomic E-state index is 0.0759. The second kappa shape index (κ2) is 6.14. The molecule has 0 radical (unpaired) electrons. The van der Waals surface area contributed by atoms with Crippen molar-refractivity contribution in [2.24, 2.45) is 0 Å². The van der Waals surface area contributed by atoms with Crippen molar-refractivity contribution in [2.75, 3.05) is 0 Å². The Balaban J connectivity index is 1.99. The van der Waals surface area contributed by atoms with E-state index in [9.17, 15) is 9.59 Å². The van der Waals surface area contributed by atoms with E-state index in [1.54, 1.807) is 10.8 Å². The summed E-state index contributed by atoms with van der Waals surface area (Å²) in [6, 6.07) is 9.64. The number of hydrogen-bond donors (Lipinski definition) is 1. The van der Waals surface area contributed by atoms with E-state index in [1.807, 2.05) is 37.3 Å². The molecule has 1 heterocycles. The van der Waals surface area contributed by atoms with Crippen molar-refractivity contribution < 1.29 is 9.59 Å².